The van der Waals surface area contributed by atoms with Crippen molar-refractivity contribution < 1.29 is 0 Å². The van der Waals surface area contributed by atoms with Crippen LogP contribution in [0.1, 0.15) is 0 Å². The second-order valence-electron chi connectivity index (χ2n) is 20.7. The minimum Gasteiger partial charge on any atom is -0.312 e. The van der Waals surface area contributed by atoms with E-state index in [4.69, 9.17) is 0 Å². The summed E-state index contributed by atoms with van der Waals surface area (Å²) in [5, 5.41) is 10.3. The van der Waals surface area contributed by atoms with E-state index in [2.05, 4.69) is 248 Å². The van der Waals surface area contributed by atoms with E-state index in [9.17, 15) is 0 Å². The number of benzene rings is 11. The summed E-state index contributed by atoms with van der Waals surface area (Å²) in [6.07, 6.45) is 0. The van der Waals surface area contributed by atoms with E-state index >= 15 is 0 Å². The van der Waals surface area contributed by atoms with Gasteiger partial charge in [0.05, 0.1) is 44.1 Å². The first-order chi connectivity index (χ1) is 36.3. The fourth-order valence-corrected chi connectivity index (χ4v) is 15.0. The van der Waals surface area contributed by atoms with Crippen LogP contribution in [-0.2, 0) is 0 Å². The molecule has 4 aliphatic heterocycles. The minimum atomic E-state index is -0.0228. The summed E-state index contributed by atoms with van der Waals surface area (Å²) in [6.45, 7) is -0.0456. The van der Waals surface area contributed by atoms with Gasteiger partial charge in [0.1, 0.15) is 0 Å². The lowest BCUT2D eigenvalue weighted by Gasteiger charge is -2.47. The Labute approximate surface area is 418 Å². The first kappa shape index (κ1) is 37.4. The molecule has 4 aromatic heterocycles. The average Bonchev–Trinajstić information content (AvgIpc) is 4.23. The first-order valence-electron chi connectivity index (χ1n) is 25.6. The van der Waals surface area contributed by atoms with Gasteiger partial charge in [-0.25, -0.2) is 0 Å². The van der Waals surface area contributed by atoms with Crippen molar-refractivity contribution in [3.05, 3.63) is 224 Å². The maximum Gasteiger partial charge on any atom is 0.252 e. The number of para-hydroxylation sites is 8. The van der Waals surface area contributed by atoms with Gasteiger partial charge in [-0.15, -0.1) is 0 Å². The number of nitrogens with zero attached hydrogens (tertiary/aromatic N) is 5. The van der Waals surface area contributed by atoms with Gasteiger partial charge in [0.2, 0.25) is 0 Å². The first-order valence-corrected chi connectivity index (χ1v) is 25.6. The summed E-state index contributed by atoms with van der Waals surface area (Å²) >= 11 is 0. The Kier molecular flexibility index (Phi) is 6.61. The monoisotopic (exact) mass is 921 g/mol. The Balaban J connectivity index is 1.05. The predicted molar refractivity (Wildman–Crippen MR) is 308 cm³/mol. The van der Waals surface area contributed by atoms with Gasteiger partial charge in [-0.2, -0.15) is 0 Å². The van der Waals surface area contributed by atoms with E-state index in [0.717, 1.165) is 0 Å². The molecule has 0 atom stereocenters. The lowest BCUT2D eigenvalue weighted by Crippen LogP contribution is -2.68. The van der Waals surface area contributed by atoms with Crippen LogP contribution in [0.5, 0.6) is 0 Å². The third-order valence-corrected chi connectivity index (χ3v) is 17.4. The largest absolute Gasteiger partial charge is 0.312 e. The molecule has 5 nitrogen and oxygen atoms in total. The van der Waals surface area contributed by atoms with E-state index in [1.807, 2.05) is 0 Å². The standard InChI is InChI=1S/C66H37B2N5/c1-3-19-38(20-4-1)69-50-29-13-7-23-40(50)44-35-48-64-58(62(44)69)42-25-9-15-31-52(42)71(64)56-37-57-61-66-60(56)67(48)46-27-11-17-33-54(46)73(66)55-34-18-12-28-47(55)68(61)49-36-45-41-24-8-14-30-51(41)70(39-21-5-2-6-22-39)63(45)59-43-26-10-16-32-53(43)72(57)65(49)59/h1-37H. The van der Waals surface area contributed by atoms with Crippen LogP contribution in [0.3, 0.4) is 0 Å². The van der Waals surface area contributed by atoms with Crippen molar-refractivity contribution in [2.75, 3.05) is 4.90 Å². The second-order valence-corrected chi connectivity index (χ2v) is 20.7. The fraction of sp³-hybridized carbons (Fsp3) is 0. The molecule has 19 rings (SSSR count). The molecule has 0 saturated heterocycles. The minimum absolute atomic E-state index is 0.0228. The Bertz CT molecular complexity index is 4740. The van der Waals surface area contributed by atoms with Crippen LogP contribution < -0.4 is 37.7 Å². The fourth-order valence-electron chi connectivity index (χ4n) is 15.0. The molecule has 73 heavy (non-hydrogen) atoms. The van der Waals surface area contributed by atoms with Crippen LogP contribution in [0.2, 0.25) is 0 Å². The molecule has 0 N–H and O–H groups in total. The van der Waals surface area contributed by atoms with Gasteiger partial charge in [-0.3, -0.25) is 0 Å². The lowest BCUT2D eigenvalue weighted by molar-refractivity contribution is 1.13. The van der Waals surface area contributed by atoms with Gasteiger partial charge in [-0.1, -0.05) is 158 Å². The van der Waals surface area contributed by atoms with Gasteiger partial charge < -0.3 is 23.2 Å². The number of hydrogen-bond donors (Lipinski definition) is 0. The average molecular weight is 922 g/mol. The summed E-state index contributed by atoms with van der Waals surface area (Å²) in [5.74, 6) is 0. The molecule has 11 aromatic carbocycles. The number of fused-ring (bicyclic) bond motifs is 24. The molecule has 0 saturated carbocycles. The quantitative estimate of drug-likeness (QED) is 0.158. The molecule has 7 heteroatoms. The molecule has 0 spiro atoms. The Morgan fingerprint density at radius 3 is 1.08 bits per heavy atom. The number of anilines is 3. The molecule has 8 heterocycles. The normalized spacial score (nSPS) is 13.7. The van der Waals surface area contributed by atoms with Crippen LogP contribution in [0.25, 0.3) is 110 Å². The summed E-state index contributed by atoms with van der Waals surface area (Å²) in [6, 6.07) is 84.9. The van der Waals surface area contributed by atoms with Crippen LogP contribution in [0, 0.1) is 0 Å². The molecule has 0 radical (unpaired) electrons. The topological polar surface area (TPSA) is 23.0 Å². The molecule has 0 bridgehead atoms. The zero-order valence-electron chi connectivity index (χ0n) is 39.3. The summed E-state index contributed by atoms with van der Waals surface area (Å²) in [5.41, 5.74) is 26.9. The molecule has 0 fully saturated rings. The van der Waals surface area contributed by atoms with Gasteiger partial charge in [0, 0.05) is 82.9 Å². The van der Waals surface area contributed by atoms with Crippen molar-refractivity contribution in [1.82, 2.24) is 18.3 Å². The van der Waals surface area contributed by atoms with Gasteiger partial charge in [0.25, 0.3) is 13.4 Å². The van der Waals surface area contributed by atoms with E-state index in [1.54, 1.807) is 0 Å². The van der Waals surface area contributed by atoms with Gasteiger partial charge in [0.15, 0.2) is 0 Å². The summed E-state index contributed by atoms with van der Waals surface area (Å²) in [7, 11) is 0. The Morgan fingerprint density at radius 1 is 0.260 bits per heavy atom. The molecule has 4 aliphatic rings. The van der Waals surface area contributed by atoms with E-state index in [0.29, 0.717) is 0 Å². The van der Waals surface area contributed by atoms with Crippen LogP contribution in [0.15, 0.2) is 224 Å². The predicted octanol–water partition coefficient (Wildman–Crippen LogP) is 11.8. The zero-order valence-corrected chi connectivity index (χ0v) is 39.3. The van der Waals surface area contributed by atoms with Crippen LogP contribution in [0.4, 0.5) is 17.1 Å². The van der Waals surface area contributed by atoms with Crippen molar-refractivity contribution in [3.8, 4) is 22.7 Å². The molecule has 0 amide bonds. The Hall–Kier alpha value is -9.45. The molecule has 0 aliphatic carbocycles. The number of rotatable bonds is 2. The molecule has 15 aromatic rings. The van der Waals surface area contributed by atoms with Crippen LogP contribution >= 0.6 is 0 Å². The van der Waals surface area contributed by atoms with Crippen molar-refractivity contribution in [2.24, 2.45) is 0 Å². The number of aromatic nitrogens is 4. The zero-order chi connectivity index (χ0) is 46.9. The molecular weight excluding hydrogens is 884 g/mol. The third-order valence-electron chi connectivity index (χ3n) is 17.4. The molecule has 332 valence electrons. The smallest absolute Gasteiger partial charge is 0.252 e. The maximum absolute atomic E-state index is 2.67. The highest BCUT2D eigenvalue weighted by Gasteiger charge is 2.51. The van der Waals surface area contributed by atoms with Gasteiger partial charge >= 0.3 is 0 Å². The second kappa shape index (κ2) is 12.9. The maximum atomic E-state index is 2.67. The van der Waals surface area contributed by atoms with Gasteiger partial charge in [-0.05, 0) is 99.5 Å². The van der Waals surface area contributed by atoms with Crippen LogP contribution in [-0.4, -0.2) is 31.7 Å². The Morgan fingerprint density at radius 2 is 0.630 bits per heavy atom. The van der Waals surface area contributed by atoms with Crippen molar-refractivity contribution in [1.29, 1.82) is 0 Å². The SMILES string of the molecule is c1ccc(-n2c3ccccc3c3cc4c5c(c6ccccc6n5-c5cc6c7c8c5B4c4ccccc4N8c4ccccc4B7c4cc5c7ccccc7n(-c7ccccc7)c5c5c7ccccc7n-6c45)c32)cc1. The van der Waals surface area contributed by atoms with E-state index < -0.39 is 0 Å². The highest BCUT2D eigenvalue weighted by molar-refractivity contribution is 7.05. The highest BCUT2D eigenvalue weighted by Crippen LogP contribution is 2.49. The summed E-state index contributed by atoms with van der Waals surface area (Å²) < 4.78 is 10.4. The summed E-state index contributed by atoms with van der Waals surface area (Å²) in [4.78, 5) is 2.66. The highest BCUT2D eigenvalue weighted by atomic mass is 15.2. The third kappa shape index (κ3) is 4.24. The van der Waals surface area contributed by atoms with E-state index in [-0.39, 0.29) is 13.4 Å². The lowest BCUT2D eigenvalue weighted by atomic mass is 9.29. The van der Waals surface area contributed by atoms with Crippen molar-refractivity contribution >= 4 is 150 Å². The van der Waals surface area contributed by atoms with Crippen molar-refractivity contribution in [3.63, 3.8) is 0 Å². The van der Waals surface area contributed by atoms with Crippen molar-refractivity contribution in [2.45, 2.75) is 0 Å². The van der Waals surface area contributed by atoms with E-state index in [1.165, 1.54) is 160 Å². The number of hydrogen-bond acceptors (Lipinski definition) is 1. The molecular formula is C66H37B2N5. The molecule has 0 unspecified atom stereocenters.